The Hall–Kier alpha value is -0.550. The summed E-state index contributed by atoms with van der Waals surface area (Å²) in [6, 6.07) is 2.68. The van der Waals surface area contributed by atoms with Gasteiger partial charge in [-0.3, -0.25) is 5.32 Å². The fourth-order valence-corrected chi connectivity index (χ4v) is 1.03. The van der Waals surface area contributed by atoms with Crippen LogP contribution < -0.4 is 5.32 Å². The average Bonchev–Trinajstić information content (AvgIpc) is 1.84. The van der Waals surface area contributed by atoms with Gasteiger partial charge in [0.15, 0.2) is 0 Å². The minimum atomic E-state index is 0.0231. The van der Waals surface area contributed by atoms with E-state index in [4.69, 9.17) is 5.26 Å². The summed E-state index contributed by atoms with van der Waals surface area (Å²) < 4.78 is 0. The van der Waals surface area contributed by atoms with Crippen LogP contribution in [0.2, 0.25) is 0 Å². The van der Waals surface area contributed by atoms with E-state index in [-0.39, 0.29) is 6.04 Å². The molecule has 0 bridgehead atoms. The van der Waals surface area contributed by atoms with E-state index in [1.54, 1.807) is 0 Å². The van der Waals surface area contributed by atoms with Crippen molar-refractivity contribution in [2.75, 3.05) is 0 Å². The van der Waals surface area contributed by atoms with Crippen LogP contribution in [-0.2, 0) is 0 Å². The number of nitriles is 1. The maximum Gasteiger partial charge on any atom is 0.0957 e. The first-order valence-electron chi connectivity index (χ1n) is 4.22. The minimum Gasteiger partial charge on any atom is -0.300 e. The van der Waals surface area contributed by atoms with E-state index in [0.717, 1.165) is 6.42 Å². The van der Waals surface area contributed by atoms with Crippen LogP contribution in [0.3, 0.4) is 0 Å². The molecule has 0 aromatic rings. The Kier molecular flexibility index (Phi) is 4.89. The second-order valence-corrected chi connectivity index (χ2v) is 3.63. The Morgan fingerprint density at radius 3 is 2.09 bits per heavy atom. The van der Waals surface area contributed by atoms with E-state index in [1.165, 1.54) is 0 Å². The molecule has 0 radical (unpaired) electrons. The molecule has 64 valence electrons. The second-order valence-electron chi connectivity index (χ2n) is 3.63. The van der Waals surface area contributed by atoms with Crippen molar-refractivity contribution >= 4 is 0 Å². The molecular formula is C9H18N2. The normalized spacial score (nSPS) is 13.5. The smallest absolute Gasteiger partial charge is 0.0957 e. The summed E-state index contributed by atoms with van der Waals surface area (Å²) in [5.41, 5.74) is 0. The van der Waals surface area contributed by atoms with E-state index >= 15 is 0 Å². The lowest BCUT2D eigenvalue weighted by molar-refractivity contribution is 0.448. The molecular weight excluding hydrogens is 136 g/mol. The van der Waals surface area contributed by atoms with Crippen LogP contribution in [0.25, 0.3) is 0 Å². The Balaban J connectivity index is 3.70. The van der Waals surface area contributed by atoms with Gasteiger partial charge in [0.2, 0.25) is 0 Å². The van der Waals surface area contributed by atoms with Crippen molar-refractivity contribution in [2.24, 2.45) is 5.92 Å². The Morgan fingerprint density at radius 1 is 1.27 bits per heavy atom. The average molecular weight is 154 g/mol. The monoisotopic (exact) mass is 154 g/mol. The standard InChI is InChI=1S/C9H18N2/c1-7(2)5-9(6-10)11-8(3)4/h7-9,11H,5H2,1-4H3/t9-/m1/s1. The van der Waals surface area contributed by atoms with Crippen molar-refractivity contribution in [3.05, 3.63) is 0 Å². The van der Waals surface area contributed by atoms with Crippen LogP contribution in [0.4, 0.5) is 0 Å². The van der Waals surface area contributed by atoms with Crippen molar-refractivity contribution in [3.63, 3.8) is 0 Å². The Bertz CT molecular complexity index is 123. The topological polar surface area (TPSA) is 35.8 Å². The highest BCUT2D eigenvalue weighted by atomic mass is 14.9. The van der Waals surface area contributed by atoms with Gasteiger partial charge in [0, 0.05) is 6.04 Å². The number of rotatable bonds is 4. The Labute approximate surface area is 69.6 Å². The second kappa shape index (κ2) is 5.15. The fraction of sp³-hybridized carbons (Fsp3) is 0.889. The van der Waals surface area contributed by atoms with Crippen LogP contribution in [0.1, 0.15) is 34.1 Å². The molecule has 0 amide bonds. The van der Waals surface area contributed by atoms with Gasteiger partial charge in [0.1, 0.15) is 0 Å². The molecule has 2 nitrogen and oxygen atoms in total. The maximum atomic E-state index is 8.71. The zero-order valence-electron chi connectivity index (χ0n) is 7.89. The summed E-state index contributed by atoms with van der Waals surface area (Å²) in [4.78, 5) is 0. The summed E-state index contributed by atoms with van der Waals surface area (Å²) in [6.07, 6.45) is 0.939. The molecule has 0 aliphatic heterocycles. The van der Waals surface area contributed by atoms with Crippen LogP contribution in [0.15, 0.2) is 0 Å². The molecule has 0 unspecified atom stereocenters. The van der Waals surface area contributed by atoms with Gasteiger partial charge in [0.25, 0.3) is 0 Å². The lowest BCUT2D eigenvalue weighted by Crippen LogP contribution is -2.34. The SMILES string of the molecule is CC(C)C[C@H](C#N)NC(C)C. The van der Waals surface area contributed by atoms with Gasteiger partial charge in [-0.2, -0.15) is 5.26 Å². The first-order chi connectivity index (χ1) is 5.06. The molecule has 0 aromatic carbocycles. The molecule has 0 rings (SSSR count). The van der Waals surface area contributed by atoms with E-state index in [2.05, 4.69) is 39.1 Å². The zero-order chi connectivity index (χ0) is 8.85. The van der Waals surface area contributed by atoms with Crippen molar-refractivity contribution in [2.45, 2.75) is 46.2 Å². The van der Waals surface area contributed by atoms with Gasteiger partial charge in [-0.15, -0.1) is 0 Å². The molecule has 0 heterocycles. The van der Waals surface area contributed by atoms with E-state index in [9.17, 15) is 0 Å². The largest absolute Gasteiger partial charge is 0.300 e. The zero-order valence-corrected chi connectivity index (χ0v) is 7.89. The van der Waals surface area contributed by atoms with Gasteiger partial charge in [0.05, 0.1) is 12.1 Å². The molecule has 0 saturated carbocycles. The predicted octanol–water partition coefficient (Wildman–Crippen LogP) is 1.92. The number of hydrogen-bond acceptors (Lipinski definition) is 2. The first kappa shape index (κ1) is 10.4. The minimum absolute atomic E-state index is 0.0231. The van der Waals surface area contributed by atoms with Gasteiger partial charge in [-0.1, -0.05) is 13.8 Å². The molecule has 0 aromatic heterocycles. The third kappa shape index (κ3) is 5.87. The van der Waals surface area contributed by atoms with Crippen LogP contribution in [0, 0.1) is 17.2 Å². The molecule has 0 fully saturated rings. The number of hydrogen-bond donors (Lipinski definition) is 1. The van der Waals surface area contributed by atoms with Crippen molar-refractivity contribution in [1.29, 1.82) is 5.26 Å². The van der Waals surface area contributed by atoms with Gasteiger partial charge >= 0.3 is 0 Å². The number of nitrogens with zero attached hydrogens (tertiary/aromatic N) is 1. The summed E-state index contributed by atoms with van der Waals surface area (Å²) in [7, 11) is 0. The Morgan fingerprint density at radius 2 is 1.82 bits per heavy atom. The highest BCUT2D eigenvalue weighted by molar-refractivity contribution is 4.90. The molecule has 0 aliphatic carbocycles. The van der Waals surface area contributed by atoms with Crippen LogP contribution in [-0.4, -0.2) is 12.1 Å². The summed E-state index contributed by atoms with van der Waals surface area (Å²) in [6.45, 7) is 8.38. The molecule has 11 heavy (non-hydrogen) atoms. The van der Waals surface area contributed by atoms with E-state index < -0.39 is 0 Å². The van der Waals surface area contributed by atoms with Crippen molar-refractivity contribution in [1.82, 2.24) is 5.32 Å². The van der Waals surface area contributed by atoms with E-state index in [1.807, 2.05) is 0 Å². The molecule has 0 saturated heterocycles. The number of nitrogens with one attached hydrogen (secondary N) is 1. The van der Waals surface area contributed by atoms with Crippen molar-refractivity contribution < 1.29 is 0 Å². The van der Waals surface area contributed by atoms with Crippen LogP contribution in [0.5, 0.6) is 0 Å². The summed E-state index contributed by atoms with van der Waals surface area (Å²) in [5.74, 6) is 0.589. The quantitative estimate of drug-likeness (QED) is 0.671. The fourth-order valence-electron chi connectivity index (χ4n) is 1.03. The molecule has 0 aliphatic rings. The van der Waals surface area contributed by atoms with Crippen LogP contribution >= 0.6 is 0 Å². The molecule has 2 heteroatoms. The molecule has 0 spiro atoms. The van der Waals surface area contributed by atoms with Gasteiger partial charge in [-0.05, 0) is 26.2 Å². The predicted molar refractivity (Wildman–Crippen MR) is 47.1 cm³/mol. The lowest BCUT2D eigenvalue weighted by atomic mass is 10.0. The lowest BCUT2D eigenvalue weighted by Gasteiger charge is -2.15. The van der Waals surface area contributed by atoms with Crippen molar-refractivity contribution in [3.8, 4) is 6.07 Å². The highest BCUT2D eigenvalue weighted by Gasteiger charge is 2.09. The van der Waals surface area contributed by atoms with E-state index in [0.29, 0.717) is 12.0 Å². The maximum absolute atomic E-state index is 8.71. The highest BCUT2D eigenvalue weighted by Crippen LogP contribution is 2.04. The molecule has 1 atom stereocenters. The summed E-state index contributed by atoms with van der Waals surface area (Å²) in [5, 5.41) is 11.9. The summed E-state index contributed by atoms with van der Waals surface area (Å²) >= 11 is 0. The third-order valence-corrected chi connectivity index (χ3v) is 1.40. The molecule has 1 N–H and O–H groups in total. The third-order valence-electron chi connectivity index (χ3n) is 1.40. The first-order valence-corrected chi connectivity index (χ1v) is 4.22. The van der Waals surface area contributed by atoms with Gasteiger partial charge in [-0.25, -0.2) is 0 Å². The van der Waals surface area contributed by atoms with Gasteiger partial charge < -0.3 is 0 Å².